The van der Waals surface area contributed by atoms with E-state index in [0.29, 0.717) is 0 Å². The summed E-state index contributed by atoms with van der Waals surface area (Å²) in [6.45, 7) is 1.54. The maximum Gasteiger partial charge on any atom is 0.333 e. The predicted molar refractivity (Wildman–Crippen MR) is 75.4 cm³/mol. The Labute approximate surface area is 148 Å². The molecule has 25 heavy (non-hydrogen) atoms. The van der Waals surface area contributed by atoms with Gasteiger partial charge in [0.1, 0.15) is 24.9 Å². The molecule has 0 bridgehead atoms. The first-order valence-electron chi connectivity index (χ1n) is 6.55. The molecule has 6 atom stereocenters. The van der Waals surface area contributed by atoms with E-state index in [4.69, 9.17) is 19.3 Å². The molecular formula is C9H15NO12S3-2. The molecule has 2 aliphatic heterocycles. The van der Waals surface area contributed by atoms with Gasteiger partial charge >= 0.3 is 10.3 Å². The summed E-state index contributed by atoms with van der Waals surface area (Å²) in [6, 6.07) is 0. The van der Waals surface area contributed by atoms with Crippen LogP contribution in [0.1, 0.15) is 13.8 Å². The van der Waals surface area contributed by atoms with Crippen molar-refractivity contribution in [2.24, 2.45) is 5.14 Å². The Kier molecular flexibility index (Phi) is 6.35. The van der Waals surface area contributed by atoms with E-state index < -0.39 is 76.1 Å². The molecule has 2 fully saturated rings. The van der Waals surface area contributed by atoms with Gasteiger partial charge in [0, 0.05) is 0 Å². The third-order valence-electron chi connectivity index (χ3n) is 3.24. The molecule has 0 amide bonds. The standard InChI is InChI=1S/C9H17NO12S3/c1-8(2)19-7-6(21-24(13)14)5(20-23(11)12)3-17-9(7,22-8)4-18-25(10,15)16/h5-7H,3-4H2,1-2H3,(H,11,12)(H,13,14)(H2,10,15,16)/p-2/t5-,6-,7+,9+/m1/s1. The average molecular weight is 425 g/mol. The molecule has 2 N–H and O–H groups in total. The normalized spacial score (nSPS) is 37.4. The van der Waals surface area contributed by atoms with Crippen molar-refractivity contribution < 1.29 is 52.7 Å². The number of nitrogens with two attached hydrogens (primary N) is 1. The first-order valence-corrected chi connectivity index (χ1v) is 10.0. The van der Waals surface area contributed by atoms with Crippen LogP contribution in [0.15, 0.2) is 0 Å². The predicted octanol–water partition coefficient (Wildman–Crippen LogP) is -2.56. The summed E-state index contributed by atoms with van der Waals surface area (Å²) in [5, 5.41) is 4.77. The lowest BCUT2D eigenvalue weighted by Crippen LogP contribution is -2.63. The minimum Gasteiger partial charge on any atom is -0.750 e. The fourth-order valence-corrected chi connectivity index (χ4v) is 3.64. The summed E-state index contributed by atoms with van der Waals surface area (Å²) < 4.78 is 95.7. The second-order valence-corrected chi connectivity index (χ2v) is 7.94. The quantitative estimate of drug-likeness (QED) is 0.420. The Balaban J connectivity index is 2.34. The van der Waals surface area contributed by atoms with Crippen molar-refractivity contribution in [2.75, 3.05) is 13.2 Å². The zero-order chi connectivity index (χ0) is 19.0. The van der Waals surface area contributed by atoms with Crippen LogP contribution in [0.4, 0.5) is 0 Å². The van der Waals surface area contributed by atoms with Crippen LogP contribution in [0.2, 0.25) is 0 Å². The van der Waals surface area contributed by atoms with Crippen LogP contribution in [-0.4, -0.2) is 69.0 Å². The number of ether oxygens (including phenoxy) is 3. The summed E-state index contributed by atoms with van der Waals surface area (Å²) in [7, 11) is -4.39. The minimum absolute atomic E-state index is 0.528. The van der Waals surface area contributed by atoms with Crippen molar-refractivity contribution in [1.82, 2.24) is 0 Å². The zero-order valence-electron chi connectivity index (χ0n) is 12.8. The van der Waals surface area contributed by atoms with Gasteiger partial charge in [-0.3, -0.25) is 12.5 Å². The van der Waals surface area contributed by atoms with Gasteiger partial charge in [0.2, 0.25) is 5.79 Å². The Morgan fingerprint density at radius 2 is 1.84 bits per heavy atom. The van der Waals surface area contributed by atoms with Gasteiger partial charge in [-0.1, -0.05) is 0 Å². The molecule has 2 unspecified atom stereocenters. The first-order chi connectivity index (χ1) is 11.3. The largest absolute Gasteiger partial charge is 0.750 e. The molecule has 0 saturated carbocycles. The van der Waals surface area contributed by atoms with Crippen LogP contribution < -0.4 is 5.14 Å². The molecule has 0 spiro atoms. The van der Waals surface area contributed by atoms with Gasteiger partial charge in [-0.2, -0.15) is 8.42 Å². The monoisotopic (exact) mass is 425 g/mol. The van der Waals surface area contributed by atoms with Crippen LogP contribution in [0, 0.1) is 0 Å². The number of hydrogen-bond acceptors (Lipinski definition) is 12. The van der Waals surface area contributed by atoms with E-state index in [0.717, 1.165) is 0 Å². The van der Waals surface area contributed by atoms with Crippen LogP contribution in [0.3, 0.4) is 0 Å². The molecule has 0 aliphatic carbocycles. The van der Waals surface area contributed by atoms with E-state index >= 15 is 0 Å². The second kappa shape index (κ2) is 7.49. The first kappa shape index (κ1) is 21.2. The van der Waals surface area contributed by atoms with E-state index in [1.165, 1.54) is 13.8 Å². The lowest BCUT2D eigenvalue weighted by atomic mass is 9.98. The van der Waals surface area contributed by atoms with Gasteiger partial charge in [-0.15, -0.1) is 0 Å². The van der Waals surface area contributed by atoms with E-state index in [1.807, 2.05) is 0 Å². The molecule has 2 aliphatic rings. The van der Waals surface area contributed by atoms with Gasteiger partial charge in [-0.25, -0.2) is 13.6 Å². The lowest BCUT2D eigenvalue weighted by Gasteiger charge is -2.43. The molecule has 2 rings (SSSR count). The summed E-state index contributed by atoms with van der Waals surface area (Å²) >= 11 is -6.09. The maximum atomic E-state index is 11.1. The average Bonchev–Trinajstić information content (AvgIpc) is 2.69. The summed E-state index contributed by atoms with van der Waals surface area (Å²) in [5.41, 5.74) is 0. The van der Waals surface area contributed by atoms with Gasteiger partial charge in [0.25, 0.3) is 0 Å². The number of rotatable bonds is 7. The van der Waals surface area contributed by atoms with Crippen LogP contribution in [0.5, 0.6) is 0 Å². The summed E-state index contributed by atoms with van der Waals surface area (Å²) in [6.07, 6.45) is -4.35. The van der Waals surface area contributed by atoms with Gasteiger partial charge < -0.3 is 23.3 Å². The van der Waals surface area contributed by atoms with Crippen LogP contribution in [0.25, 0.3) is 0 Å². The maximum absolute atomic E-state index is 11.1. The molecule has 13 nitrogen and oxygen atoms in total. The molecule has 0 radical (unpaired) electrons. The van der Waals surface area contributed by atoms with Crippen molar-refractivity contribution in [1.29, 1.82) is 0 Å². The fraction of sp³-hybridized carbons (Fsp3) is 1.00. The molecule has 2 heterocycles. The lowest BCUT2D eigenvalue weighted by molar-refractivity contribution is -0.296. The minimum atomic E-state index is -4.39. The Morgan fingerprint density at radius 3 is 2.36 bits per heavy atom. The summed E-state index contributed by atoms with van der Waals surface area (Å²) in [4.78, 5) is 0. The Bertz CT molecular complexity index is 652. The third-order valence-corrected chi connectivity index (χ3v) is 4.47. The van der Waals surface area contributed by atoms with E-state index in [1.54, 1.807) is 0 Å². The van der Waals surface area contributed by atoms with Crippen molar-refractivity contribution in [3.8, 4) is 0 Å². The molecule has 0 aromatic heterocycles. The molecule has 0 aromatic carbocycles. The van der Waals surface area contributed by atoms with Crippen molar-refractivity contribution in [3.05, 3.63) is 0 Å². The SMILES string of the molecule is CC1(C)O[C@H]2[C@H](OS(=O)[O-])[C@H](OS(=O)[O-])CO[C@@]2(COS(N)(=O)=O)O1. The fourth-order valence-electron chi connectivity index (χ4n) is 2.54. The highest BCUT2D eigenvalue weighted by atomic mass is 32.2. The second-order valence-electron chi connectivity index (χ2n) is 5.52. The molecular weight excluding hydrogens is 410 g/mol. The molecule has 16 heteroatoms. The number of hydrogen-bond donors (Lipinski definition) is 1. The Hall–Kier alpha value is -0.110. The molecule has 0 aromatic rings. The third kappa shape index (κ3) is 5.44. The van der Waals surface area contributed by atoms with Crippen molar-refractivity contribution in [2.45, 2.75) is 43.7 Å². The van der Waals surface area contributed by atoms with Gasteiger partial charge in [0.05, 0.1) is 29.3 Å². The smallest absolute Gasteiger partial charge is 0.333 e. The summed E-state index contributed by atoms with van der Waals surface area (Å²) in [5.74, 6) is -3.30. The van der Waals surface area contributed by atoms with Crippen LogP contribution in [-0.2, 0) is 59.8 Å². The van der Waals surface area contributed by atoms with E-state index in [9.17, 15) is 25.9 Å². The van der Waals surface area contributed by atoms with E-state index in [2.05, 4.69) is 12.5 Å². The zero-order valence-corrected chi connectivity index (χ0v) is 15.3. The molecule has 148 valence electrons. The highest BCUT2D eigenvalue weighted by molar-refractivity contribution is 7.84. The number of fused-ring (bicyclic) bond motifs is 1. The van der Waals surface area contributed by atoms with E-state index in [-0.39, 0.29) is 0 Å². The highest BCUT2D eigenvalue weighted by Crippen LogP contribution is 2.44. The van der Waals surface area contributed by atoms with Crippen molar-refractivity contribution in [3.63, 3.8) is 0 Å². The van der Waals surface area contributed by atoms with Gasteiger partial charge in [0.15, 0.2) is 5.79 Å². The van der Waals surface area contributed by atoms with Crippen molar-refractivity contribution >= 4 is 33.0 Å². The Morgan fingerprint density at radius 1 is 1.24 bits per heavy atom. The molecule has 2 saturated heterocycles. The van der Waals surface area contributed by atoms with Crippen LogP contribution >= 0.6 is 0 Å². The topological polar surface area (TPSA) is 196 Å². The highest BCUT2D eigenvalue weighted by Gasteiger charge is 2.63. The van der Waals surface area contributed by atoms with Gasteiger partial charge in [-0.05, 0) is 13.8 Å².